The predicted molar refractivity (Wildman–Crippen MR) is 96.5 cm³/mol. The number of halogens is 1. The molecular weight excluding hydrogens is 331 g/mol. The molecule has 26 heavy (non-hydrogen) atoms. The number of benzene rings is 1. The fourth-order valence-corrected chi connectivity index (χ4v) is 5.02. The van der Waals surface area contributed by atoms with Crippen LogP contribution in [0.1, 0.15) is 55.8 Å². The summed E-state index contributed by atoms with van der Waals surface area (Å²) in [5.74, 6) is 0.975. The highest BCUT2D eigenvalue weighted by Crippen LogP contribution is 2.47. The van der Waals surface area contributed by atoms with Gasteiger partial charge in [0.05, 0.1) is 6.04 Å². The van der Waals surface area contributed by atoms with Crippen molar-refractivity contribution in [3.05, 3.63) is 41.3 Å². The summed E-state index contributed by atoms with van der Waals surface area (Å²) in [6.07, 6.45) is 7.26. The third-order valence-electron chi connectivity index (χ3n) is 6.20. The van der Waals surface area contributed by atoms with Crippen molar-refractivity contribution in [3.63, 3.8) is 0 Å². The lowest BCUT2D eigenvalue weighted by Gasteiger charge is -2.36. The molecule has 2 aliphatic heterocycles. The maximum atomic E-state index is 13.5. The molecule has 3 aliphatic rings. The van der Waals surface area contributed by atoms with E-state index >= 15 is 0 Å². The van der Waals surface area contributed by atoms with E-state index in [2.05, 4.69) is 20.4 Å². The van der Waals surface area contributed by atoms with E-state index in [1.807, 2.05) is 6.07 Å². The number of anilines is 2. The Labute approximate surface area is 152 Å². The minimum absolute atomic E-state index is 0.0895. The van der Waals surface area contributed by atoms with E-state index in [9.17, 15) is 9.18 Å². The van der Waals surface area contributed by atoms with Crippen molar-refractivity contribution in [1.29, 1.82) is 0 Å². The molecule has 1 saturated heterocycles. The average Bonchev–Trinajstić information content (AvgIpc) is 3.35. The molecule has 1 aliphatic carbocycles. The summed E-state index contributed by atoms with van der Waals surface area (Å²) in [6, 6.07) is 6.77. The topological polar surface area (TPSA) is 61.0 Å². The van der Waals surface area contributed by atoms with Crippen molar-refractivity contribution in [2.24, 2.45) is 5.92 Å². The number of carbonyl (C=O) groups excluding carboxylic acids is 1. The third-order valence-corrected chi connectivity index (χ3v) is 6.20. The van der Waals surface area contributed by atoms with Crippen molar-refractivity contribution in [2.45, 2.75) is 57.0 Å². The zero-order valence-corrected chi connectivity index (χ0v) is 14.7. The van der Waals surface area contributed by atoms with E-state index in [-0.39, 0.29) is 17.8 Å². The molecule has 1 aromatic carbocycles. The van der Waals surface area contributed by atoms with Gasteiger partial charge in [-0.25, -0.2) is 4.39 Å². The monoisotopic (exact) mass is 354 g/mol. The van der Waals surface area contributed by atoms with Gasteiger partial charge in [0.2, 0.25) is 5.91 Å². The van der Waals surface area contributed by atoms with Gasteiger partial charge >= 0.3 is 0 Å². The second-order valence-corrected chi connectivity index (χ2v) is 7.78. The van der Waals surface area contributed by atoms with Gasteiger partial charge in [-0.1, -0.05) is 18.9 Å². The molecule has 136 valence electrons. The van der Waals surface area contributed by atoms with Crippen LogP contribution in [0.4, 0.5) is 15.9 Å². The molecule has 2 unspecified atom stereocenters. The molecule has 5 rings (SSSR count). The van der Waals surface area contributed by atoms with Crippen LogP contribution in [0, 0.1) is 11.7 Å². The van der Waals surface area contributed by atoms with Gasteiger partial charge in [0.15, 0.2) is 5.82 Å². The van der Waals surface area contributed by atoms with Gasteiger partial charge in [0.1, 0.15) is 5.82 Å². The zero-order chi connectivity index (χ0) is 17.7. The van der Waals surface area contributed by atoms with Crippen LogP contribution in [-0.2, 0) is 11.2 Å². The fraction of sp³-hybridized carbons (Fsp3) is 0.500. The van der Waals surface area contributed by atoms with Crippen molar-refractivity contribution in [1.82, 2.24) is 15.1 Å². The summed E-state index contributed by atoms with van der Waals surface area (Å²) in [7, 11) is 0. The van der Waals surface area contributed by atoms with Gasteiger partial charge < -0.3 is 10.2 Å². The van der Waals surface area contributed by atoms with Gasteiger partial charge in [-0.05, 0) is 43.9 Å². The Morgan fingerprint density at radius 3 is 2.88 bits per heavy atom. The maximum Gasteiger partial charge on any atom is 0.226 e. The highest BCUT2D eigenvalue weighted by atomic mass is 19.1. The second kappa shape index (κ2) is 6.11. The standard InChI is InChI=1S/C20H23FN4O/c21-13-6-3-7-14(10-13)22-19-18-16(23-24-19)11-15-8-9-17(18)25(15)20(26)12-4-1-2-5-12/h3,6-7,10,12,15,17H,1-2,4-5,8-9,11H2,(H2,22,23,24). The second-order valence-electron chi connectivity index (χ2n) is 7.78. The zero-order valence-electron chi connectivity index (χ0n) is 14.7. The normalized spacial score (nSPS) is 24.7. The molecule has 2 aromatic rings. The fourth-order valence-electron chi connectivity index (χ4n) is 5.02. The van der Waals surface area contributed by atoms with E-state index in [0.29, 0.717) is 17.6 Å². The summed E-state index contributed by atoms with van der Waals surface area (Å²) < 4.78 is 13.5. The Kier molecular flexibility index (Phi) is 3.72. The minimum Gasteiger partial charge on any atom is -0.338 e. The molecular formula is C20H23FN4O. The van der Waals surface area contributed by atoms with E-state index in [0.717, 1.165) is 49.2 Å². The Balaban J connectivity index is 1.46. The summed E-state index contributed by atoms with van der Waals surface area (Å²) in [4.78, 5) is 15.3. The predicted octanol–water partition coefficient (Wildman–Crippen LogP) is 4.07. The number of H-pyrrole nitrogens is 1. The van der Waals surface area contributed by atoms with Crippen LogP contribution in [0.3, 0.4) is 0 Å². The highest BCUT2D eigenvalue weighted by Gasteiger charge is 2.46. The molecule has 1 aromatic heterocycles. The number of nitrogens with one attached hydrogen (secondary N) is 2. The lowest BCUT2D eigenvalue weighted by molar-refractivity contribution is -0.139. The number of aromatic amines is 1. The van der Waals surface area contributed by atoms with Crippen LogP contribution < -0.4 is 5.32 Å². The third kappa shape index (κ3) is 2.50. The number of hydrogen-bond acceptors (Lipinski definition) is 3. The SMILES string of the molecule is O=C(C1CCCC1)N1C2CCC1c1c(Nc3cccc(F)c3)n[nH]c1C2. The molecule has 2 fully saturated rings. The summed E-state index contributed by atoms with van der Waals surface area (Å²) >= 11 is 0. The van der Waals surface area contributed by atoms with Crippen LogP contribution in [0.15, 0.2) is 24.3 Å². The number of aromatic nitrogens is 2. The minimum atomic E-state index is -0.279. The largest absolute Gasteiger partial charge is 0.338 e. The van der Waals surface area contributed by atoms with Crippen molar-refractivity contribution >= 4 is 17.4 Å². The molecule has 0 spiro atoms. The first-order valence-electron chi connectivity index (χ1n) is 9.62. The van der Waals surface area contributed by atoms with Crippen LogP contribution in [0.25, 0.3) is 0 Å². The van der Waals surface area contributed by atoms with Crippen LogP contribution >= 0.6 is 0 Å². The summed E-state index contributed by atoms with van der Waals surface area (Å²) in [5, 5.41) is 10.8. The lowest BCUT2D eigenvalue weighted by atomic mass is 9.96. The smallest absolute Gasteiger partial charge is 0.226 e. The number of carbonyl (C=O) groups is 1. The summed E-state index contributed by atoms with van der Waals surface area (Å²) in [6.45, 7) is 0. The molecule has 2 atom stereocenters. The molecule has 6 heteroatoms. The van der Waals surface area contributed by atoms with E-state index in [1.54, 1.807) is 6.07 Å². The number of fused-ring (bicyclic) bond motifs is 4. The summed E-state index contributed by atoms with van der Waals surface area (Å²) in [5.41, 5.74) is 2.88. The first-order chi connectivity index (χ1) is 12.7. The van der Waals surface area contributed by atoms with E-state index < -0.39 is 0 Å². The highest BCUT2D eigenvalue weighted by molar-refractivity contribution is 5.81. The van der Waals surface area contributed by atoms with E-state index in [1.165, 1.54) is 25.0 Å². The number of amides is 1. The quantitative estimate of drug-likeness (QED) is 0.873. The molecule has 2 bridgehead atoms. The number of nitrogens with zero attached hydrogens (tertiary/aromatic N) is 2. The van der Waals surface area contributed by atoms with Crippen LogP contribution in [0.5, 0.6) is 0 Å². The average molecular weight is 354 g/mol. The Morgan fingerprint density at radius 2 is 2.08 bits per heavy atom. The van der Waals surface area contributed by atoms with Crippen LogP contribution in [-0.4, -0.2) is 27.0 Å². The first-order valence-corrected chi connectivity index (χ1v) is 9.62. The van der Waals surface area contributed by atoms with Crippen LogP contribution in [0.2, 0.25) is 0 Å². The van der Waals surface area contributed by atoms with Crippen molar-refractivity contribution in [3.8, 4) is 0 Å². The molecule has 3 heterocycles. The van der Waals surface area contributed by atoms with E-state index in [4.69, 9.17) is 0 Å². The first kappa shape index (κ1) is 15.9. The molecule has 1 saturated carbocycles. The molecule has 0 radical (unpaired) electrons. The molecule has 2 N–H and O–H groups in total. The molecule has 1 amide bonds. The maximum absolute atomic E-state index is 13.5. The van der Waals surface area contributed by atoms with Gasteiger partial charge in [0.25, 0.3) is 0 Å². The molecule has 5 nitrogen and oxygen atoms in total. The lowest BCUT2D eigenvalue weighted by Crippen LogP contribution is -2.44. The van der Waals surface area contributed by atoms with Crippen molar-refractivity contribution in [2.75, 3.05) is 5.32 Å². The Morgan fingerprint density at radius 1 is 1.23 bits per heavy atom. The van der Waals surface area contributed by atoms with Crippen molar-refractivity contribution < 1.29 is 9.18 Å². The Hall–Kier alpha value is -2.37. The van der Waals surface area contributed by atoms with Gasteiger partial charge in [-0.15, -0.1) is 0 Å². The van der Waals surface area contributed by atoms with Gasteiger partial charge in [-0.2, -0.15) is 5.10 Å². The van der Waals surface area contributed by atoms with Gasteiger partial charge in [0, 0.05) is 35.3 Å². The number of rotatable bonds is 3. The van der Waals surface area contributed by atoms with Gasteiger partial charge in [-0.3, -0.25) is 9.89 Å². The Bertz CT molecular complexity index is 842. The number of hydrogen-bond donors (Lipinski definition) is 2.